The van der Waals surface area contributed by atoms with Gasteiger partial charge in [0.05, 0.1) is 30.1 Å². The molecule has 15 heavy (non-hydrogen) atoms. The number of nitrogens with two attached hydrogens (primary N) is 1. The molecule has 0 saturated carbocycles. The highest BCUT2D eigenvalue weighted by Gasteiger charge is 2.19. The van der Waals surface area contributed by atoms with E-state index in [1.807, 2.05) is 6.07 Å². The Balaban J connectivity index is 3.34. The lowest BCUT2D eigenvalue weighted by Crippen LogP contribution is -2.05. The van der Waals surface area contributed by atoms with Crippen molar-refractivity contribution >= 4 is 21.6 Å². The van der Waals surface area contributed by atoms with Gasteiger partial charge in [-0.2, -0.15) is 5.26 Å². The normalized spacial score (nSPS) is 10.3. The van der Waals surface area contributed by atoms with Gasteiger partial charge < -0.3 is 5.73 Å². The zero-order valence-electron chi connectivity index (χ0n) is 7.67. The van der Waals surface area contributed by atoms with Crippen LogP contribution in [0.1, 0.15) is 23.2 Å². The molecule has 0 amide bonds. The molecule has 0 fully saturated rings. The maximum Gasteiger partial charge on any atom is 0.266 e. The molecule has 1 aromatic rings. The minimum atomic E-state index is -2.65. The number of nitrogens with zero attached hydrogens (tertiary/aromatic N) is 2. The van der Waals surface area contributed by atoms with E-state index in [1.165, 1.54) is 6.20 Å². The van der Waals surface area contributed by atoms with Crippen LogP contribution in [0.4, 0.5) is 14.5 Å². The first-order chi connectivity index (χ1) is 7.11. The van der Waals surface area contributed by atoms with Crippen LogP contribution in [0.3, 0.4) is 0 Å². The van der Waals surface area contributed by atoms with E-state index in [0.717, 1.165) is 0 Å². The summed E-state index contributed by atoms with van der Waals surface area (Å²) in [4.78, 5) is 3.87. The number of alkyl halides is 3. The van der Waals surface area contributed by atoms with Gasteiger partial charge in [0.2, 0.25) is 0 Å². The fourth-order valence-corrected chi connectivity index (χ4v) is 1.88. The number of halogens is 3. The highest BCUT2D eigenvalue weighted by molar-refractivity contribution is 9.08. The summed E-state index contributed by atoms with van der Waals surface area (Å²) in [5.41, 5.74) is 5.80. The lowest BCUT2D eigenvalue weighted by molar-refractivity contribution is 0.151. The van der Waals surface area contributed by atoms with Gasteiger partial charge in [0.15, 0.2) is 0 Å². The van der Waals surface area contributed by atoms with Crippen molar-refractivity contribution in [2.75, 3.05) is 5.73 Å². The van der Waals surface area contributed by atoms with Gasteiger partial charge in [-0.1, -0.05) is 15.9 Å². The Morgan fingerprint density at radius 1 is 1.60 bits per heavy atom. The van der Waals surface area contributed by atoms with Crippen LogP contribution in [0.5, 0.6) is 0 Å². The van der Waals surface area contributed by atoms with Crippen LogP contribution >= 0.6 is 15.9 Å². The highest BCUT2D eigenvalue weighted by Crippen LogP contribution is 2.31. The van der Waals surface area contributed by atoms with E-state index in [9.17, 15) is 8.78 Å². The van der Waals surface area contributed by atoms with Crippen molar-refractivity contribution < 1.29 is 8.78 Å². The smallest absolute Gasteiger partial charge is 0.266 e. The molecule has 1 rings (SSSR count). The Kier molecular flexibility index (Phi) is 3.97. The molecule has 0 saturated heterocycles. The first-order valence-corrected chi connectivity index (χ1v) is 5.21. The minimum absolute atomic E-state index is 0.000926. The second-order valence-corrected chi connectivity index (χ2v) is 3.38. The molecule has 0 spiro atoms. The zero-order chi connectivity index (χ0) is 11.4. The van der Waals surface area contributed by atoms with E-state index >= 15 is 0 Å². The van der Waals surface area contributed by atoms with Crippen LogP contribution in [-0.2, 0) is 11.8 Å². The van der Waals surface area contributed by atoms with Crippen molar-refractivity contribution in [2.45, 2.75) is 18.2 Å². The SMILES string of the molecule is N#CCc1ncc(N)c(C(F)F)c1CBr. The summed E-state index contributed by atoms with van der Waals surface area (Å²) in [6.07, 6.45) is -1.49. The summed E-state index contributed by atoms with van der Waals surface area (Å²) in [6.45, 7) is 0. The standard InChI is InChI=1S/C9H8BrF2N3/c10-3-5-7(1-2-13)15-4-6(14)8(5)9(11)12/h4,9H,1,3,14H2. The van der Waals surface area contributed by atoms with Gasteiger partial charge in [-0.25, -0.2) is 8.78 Å². The lowest BCUT2D eigenvalue weighted by atomic mass is 10.1. The summed E-state index contributed by atoms with van der Waals surface area (Å²) in [7, 11) is 0. The fourth-order valence-electron chi connectivity index (χ4n) is 1.26. The van der Waals surface area contributed by atoms with E-state index in [4.69, 9.17) is 11.0 Å². The average Bonchev–Trinajstić information content (AvgIpc) is 2.19. The largest absolute Gasteiger partial charge is 0.397 e. The summed E-state index contributed by atoms with van der Waals surface area (Å²) >= 11 is 3.09. The predicted molar refractivity (Wildman–Crippen MR) is 55.6 cm³/mol. The van der Waals surface area contributed by atoms with Crippen molar-refractivity contribution in [3.63, 3.8) is 0 Å². The van der Waals surface area contributed by atoms with E-state index in [0.29, 0.717) is 11.3 Å². The molecule has 2 N–H and O–H groups in total. The van der Waals surface area contributed by atoms with Gasteiger partial charge >= 0.3 is 0 Å². The summed E-state index contributed by atoms with van der Waals surface area (Å²) in [5.74, 6) is 0. The van der Waals surface area contributed by atoms with Gasteiger partial charge in [-0.05, 0) is 5.56 Å². The highest BCUT2D eigenvalue weighted by atomic mass is 79.9. The topological polar surface area (TPSA) is 62.7 Å². The van der Waals surface area contributed by atoms with Crippen LogP contribution in [-0.4, -0.2) is 4.98 Å². The third kappa shape index (κ3) is 2.42. The molecule has 0 atom stereocenters. The monoisotopic (exact) mass is 275 g/mol. The number of pyridine rings is 1. The molecular formula is C9H8BrF2N3. The third-order valence-corrected chi connectivity index (χ3v) is 2.50. The van der Waals surface area contributed by atoms with Crippen LogP contribution in [0.15, 0.2) is 6.20 Å². The summed E-state index contributed by atoms with van der Waals surface area (Å²) in [5, 5.41) is 8.72. The molecule has 0 aliphatic carbocycles. The predicted octanol–water partition coefficient (Wildman–Crippen LogP) is 2.56. The number of rotatable bonds is 3. The van der Waals surface area contributed by atoms with Gasteiger partial charge in [0.1, 0.15) is 0 Å². The zero-order valence-corrected chi connectivity index (χ0v) is 9.26. The molecule has 3 nitrogen and oxygen atoms in total. The molecule has 0 aliphatic rings. The Labute approximate surface area is 94.0 Å². The molecule has 1 aromatic heterocycles. The molecule has 6 heteroatoms. The van der Waals surface area contributed by atoms with E-state index in [2.05, 4.69) is 20.9 Å². The quantitative estimate of drug-likeness (QED) is 0.863. The number of hydrogen-bond acceptors (Lipinski definition) is 3. The van der Waals surface area contributed by atoms with Crippen LogP contribution in [0, 0.1) is 11.3 Å². The first kappa shape index (κ1) is 11.9. The van der Waals surface area contributed by atoms with Crippen molar-refractivity contribution in [1.29, 1.82) is 5.26 Å². The number of aromatic nitrogens is 1. The minimum Gasteiger partial charge on any atom is -0.397 e. The van der Waals surface area contributed by atoms with Crippen molar-refractivity contribution in [3.05, 3.63) is 23.0 Å². The van der Waals surface area contributed by atoms with E-state index in [1.54, 1.807) is 0 Å². The second-order valence-electron chi connectivity index (χ2n) is 2.82. The van der Waals surface area contributed by atoms with Gasteiger partial charge in [-0.15, -0.1) is 0 Å². The lowest BCUT2D eigenvalue weighted by Gasteiger charge is -2.12. The molecule has 1 heterocycles. The summed E-state index contributed by atoms with van der Waals surface area (Å²) < 4.78 is 25.4. The van der Waals surface area contributed by atoms with Crippen molar-refractivity contribution in [2.24, 2.45) is 0 Å². The van der Waals surface area contributed by atoms with E-state index < -0.39 is 6.43 Å². The Morgan fingerprint density at radius 2 is 2.27 bits per heavy atom. The van der Waals surface area contributed by atoms with Crippen molar-refractivity contribution in [3.8, 4) is 6.07 Å². The van der Waals surface area contributed by atoms with Crippen molar-refractivity contribution in [1.82, 2.24) is 4.98 Å². The Hall–Kier alpha value is -1.22. The third-order valence-electron chi connectivity index (χ3n) is 1.94. The molecule has 80 valence electrons. The van der Waals surface area contributed by atoms with Crippen LogP contribution in [0.25, 0.3) is 0 Å². The maximum absolute atomic E-state index is 12.7. The molecular weight excluding hydrogens is 268 g/mol. The Morgan fingerprint density at radius 3 is 2.73 bits per heavy atom. The summed E-state index contributed by atoms with van der Waals surface area (Å²) in [6, 6.07) is 1.88. The van der Waals surface area contributed by atoms with Gasteiger partial charge in [0.25, 0.3) is 6.43 Å². The molecule has 0 bridgehead atoms. The number of hydrogen-bond donors (Lipinski definition) is 1. The maximum atomic E-state index is 12.7. The molecule has 0 aromatic carbocycles. The van der Waals surface area contributed by atoms with Crippen LogP contribution < -0.4 is 5.73 Å². The fraction of sp³-hybridized carbons (Fsp3) is 0.333. The van der Waals surface area contributed by atoms with E-state index in [-0.39, 0.29) is 23.0 Å². The average molecular weight is 276 g/mol. The number of nitriles is 1. The van der Waals surface area contributed by atoms with Gasteiger partial charge in [0, 0.05) is 10.9 Å². The molecule has 0 unspecified atom stereocenters. The number of nitrogen functional groups attached to an aromatic ring is 1. The molecule has 0 radical (unpaired) electrons. The second kappa shape index (κ2) is 5.03. The number of anilines is 1. The van der Waals surface area contributed by atoms with Gasteiger partial charge in [-0.3, -0.25) is 4.98 Å². The Bertz CT molecular complexity index is 401. The first-order valence-electron chi connectivity index (χ1n) is 4.09. The van der Waals surface area contributed by atoms with Crippen LogP contribution in [0.2, 0.25) is 0 Å². The molecule has 0 aliphatic heterocycles.